The first-order valence-electron chi connectivity index (χ1n) is 14.1. The van der Waals surface area contributed by atoms with Crippen LogP contribution in [0.5, 0.6) is 0 Å². The number of aryl methyl sites for hydroxylation is 1. The number of aromatic nitrogens is 4. The number of piperazine rings is 1. The van der Waals surface area contributed by atoms with Gasteiger partial charge in [-0.15, -0.1) is 0 Å². The van der Waals surface area contributed by atoms with E-state index in [9.17, 15) is 14.4 Å². The summed E-state index contributed by atoms with van der Waals surface area (Å²) in [7, 11) is 0. The van der Waals surface area contributed by atoms with Gasteiger partial charge in [-0.3, -0.25) is 14.6 Å². The third-order valence-electron chi connectivity index (χ3n) is 7.85. The fraction of sp³-hybridized carbons (Fsp3) is 0.312. The van der Waals surface area contributed by atoms with Crippen LogP contribution in [0.15, 0.2) is 54.0 Å². The first-order chi connectivity index (χ1) is 20.6. The highest BCUT2D eigenvalue weighted by atomic mass is 35.5. The Hall–Kier alpha value is -4.44. The van der Waals surface area contributed by atoms with Crippen LogP contribution in [0.4, 0.5) is 10.2 Å². The van der Waals surface area contributed by atoms with Gasteiger partial charge in [0.05, 0.1) is 27.5 Å². The number of rotatable bonds is 7. The van der Waals surface area contributed by atoms with Crippen molar-refractivity contribution in [1.82, 2.24) is 24.4 Å². The Bertz CT molecular complexity index is 1820. The van der Waals surface area contributed by atoms with Crippen LogP contribution >= 0.6 is 11.6 Å². The Kier molecular flexibility index (Phi) is 8.41. The molecule has 1 aromatic carbocycles. The summed E-state index contributed by atoms with van der Waals surface area (Å²) < 4.78 is 16.6. The van der Waals surface area contributed by atoms with E-state index in [2.05, 4.69) is 16.5 Å². The van der Waals surface area contributed by atoms with E-state index >= 15 is 4.39 Å². The van der Waals surface area contributed by atoms with Gasteiger partial charge in [0.2, 0.25) is 5.91 Å². The fourth-order valence-electron chi connectivity index (χ4n) is 5.69. The number of fused-ring (bicyclic) bond motifs is 1. The summed E-state index contributed by atoms with van der Waals surface area (Å²) in [5, 5.41) is 0.562. The highest BCUT2D eigenvalue weighted by Crippen LogP contribution is 2.37. The van der Waals surface area contributed by atoms with Gasteiger partial charge < -0.3 is 9.80 Å². The molecule has 0 aliphatic carbocycles. The summed E-state index contributed by atoms with van der Waals surface area (Å²) in [6.07, 6.45) is 4.19. The lowest BCUT2D eigenvalue weighted by atomic mass is 10.0. The zero-order valence-electron chi connectivity index (χ0n) is 24.5. The molecule has 4 heterocycles. The van der Waals surface area contributed by atoms with Crippen molar-refractivity contribution in [2.45, 2.75) is 46.1 Å². The van der Waals surface area contributed by atoms with E-state index in [0.717, 1.165) is 5.56 Å². The number of aldehydes is 1. The van der Waals surface area contributed by atoms with Crippen molar-refractivity contribution in [3.05, 3.63) is 87.3 Å². The third kappa shape index (κ3) is 5.31. The summed E-state index contributed by atoms with van der Waals surface area (Å²) in [5.74, 6) is -0.510. The lowest BCUT2D eigenvalue weighted by Gasteiger charge is -2.42. The highest BCUT2D eigenvalue weighted by molar-refractivity contribution is 6.34. The molecule has 1 aliphatic rings. The number of hydrogen-bond donors (Lipinski definition) is 0. The standard InChI is InChI=1S/C32H32ClFN6O3/c1-6-21-16-38(25(42)7-2)13-14-39(21)30-22-15-23(33)28(26-20(17-41)9-8-10-24(26)34)36-31(22)40(32(43)37-30)29-19(5)11-12-35-27(29)18(3)4/h7-12,15,17-18,21H,2,6,13-14,16H2,1,3-5H3/t21-/m0/s1/i42+2. The Morgan fingerprint density at radius 3 is 2.70 bits per heavy atom. The van der Waals surface area contributed by atoms with Crippen LogP contribution in [0.3, 0.4) is 0 Å². The molecule has 1 fully saturated rings. The maximum Gasteiger partial charge on any atom is 0.355 e. The molecule has 0 spiro atoms. The van der Waals surface area contributed by atoms with Crippen LogP contribution in [0, 0.1) is 12.7 Å². The Balaban J connectivity index is 1.86. The molecule has 11 heteroatoms. The second-order valence-corrected chi connectivity index (χ2v) is 11.2. The van der Waals surface area contributed by atoms with E-state index in [1.54, 1.807) is 23.2 Å². The van der Waals surface area contributed by atoms with E-state index in [1.165, 1.54) is 28.8 Å². The zero-order valence-corrected chi connectivity index (χ0v) is 25.2. The molecule has 4 aromatic rings. The van der Waals surface area contributed by atoms with Gasteiger partial charge >= 0.3 is 5.69 Å². The van der Waals surface area contributed by atoms with Crippen molar-refractivity contribution >= 4 is 40.6 Å². The topological polar surface area (TPSA) is 101 Å². The number of hydrogen-bond acceptors (Lipinski definition) is 7. The molecule has 0 bridgehead atoms. The van der Waals surface area contributed by atoms with Gasteiger partial charge in [0, 0.05) is 43.0 Å². The van der Waals surface area contributed by atoms with E-state index < -0.39 is 11.5 Å². The minimum absolute atomic E-state index is 0.0285. The second kappa shape index (κ2) is 12.0. The van der Waals surface area contributed by atoms with Gasteiger partial charge in [-0.25, -0.2) is 18.7 Å². The van der Waals surface area contributed by atoms with Gasteiger partial charge in [-0.1, -0.05) is 51.1 Å². The molecule has 222 valence electrons. The zero-order chi connectivity index (χ0) is 31.0. The SMILES string of the molecule is C=CC(=[18O])N1CCN(c2nc(=O)n(-c3c(C)ccnc3C(C)C)c3nc(-c4c(F)cccc4C=O)c(Cl)cc23)[C@@H](CC)C1. The number of nitrogens with zero attached hydrogens (tertiary/aromatic N) is 6. The molecule has 0 saturated carbocycles. The third-order valence-corrected chi connectivity index (χ3v) is 8.14. The average molecular weight is 605 g/mol. The van der Waals surface area contributed by atoms with Gasteiger partial charge in [0.25, 0.3) is 0 Å². The monoisotopic (exact) mass is 604 g/mol. The predicted molar refractivity (Wildman–Crippen MR) is 166 cm³/mol. The quantitative estimate of drug-likeness (QED) is 0.156. The van der Waals surface area contributed by atoms with Gasteiger partial charge in [0.15, 0.2) is 11.9 Å². The molecule has 0 unspecified atom stereocenters. The smallest absolute Gasteiger partial charge is 0.349 e. The van der Waals surface area contributed by atoms with Gasteiger partial charge in [-0.2, -0.15) is 4.98 Å². The molecular formula is C32H32ClFN6O3. The van der Waals surface area contributed by atoms with Crippen molar-refractivity contribution in [2.75, 3.05) is 24.5 Å². The minimum Gasteiger partial charge on any atom is -0.349 e. The molecule has 1 atom stereocenters. The summed E-state index contributed by atoms with van der Waals surface area (Å²) in [6.45, 7) is 12.7. The number of carbonyl (C=O) groups excluding carboxylic acids is 2. The van der Waals surface area contributed by atoms with Crippen molar-refractivity contribution in [1.29, 1.82) is 0 Å². The lowest BCUT2D eigenvalue weighted by molar-refractivity contribution is -0.126. The van der Waals surface area contributed by atoms with Crippen molar-refractivity contribution < 1.29 is 14.0 Å². The van der Waals surface area contributed by atoms with Crippen molar-refractivity contribution in [3.63, 3.8) is 0 Å². The van der Waals surface area contributed by atoms with Crippen molar-refractivity contribution in [3.8, 4) is 16.9 Å². The molecule has 1 amide bonds. The second-order valence-electron chi connectivity index (χ2n) is 10.8. The molecule has 1 saturated heterocycles. The number of carbonyl (C=O) groups is 2. The Morgan fingerprint density at radius 2 is 2.02 bits per heavy atom. The summed E-state index contributed by atoms with van der Waals surface area (Å²) in [5.41, 5.74) is 1.63. The predicted octanol–water partition coefficient (Wildman–Crippen LogP) is 5.49. The first-order valence-corrected chi connectivity index (χ1v) is 14.5. The minimum atomic E-state index is -0.670. The number of pyridine rings is 2. The summed E-state index contributed by atoms with van der Waals surface area (Å²) in [6, 6.07) is 7.42. The summed E-state index contributed by atoms with van der Waals surface area (Å²) >= 11 is 6.80. The van der Waals surface area contributed by atoms with Crippen LogP contribution in [-0.4, -0.2) is 62.3 Å². The highest BCUT2D eigenvalue weighted by Gasteiger charge is 2.32. The molecule has 43 heavy (non-hydrogen) atoms. The van der Waals surface area contributed by atoms with Crippen LogP contribution in [0.1, 0.15) is 54.7 Å². The lowest BCUT2D eigenvalue weighted by Crippen LogP contribution is -2.55. The van der Waals surface area contributed by atoms with Crippen molar-refractivity contribution in [2.24, 2.45) is 0 Å². The largest absolute Gasteiger partial charge is 0.355 e. The number of halogens is 2. The van der Waals surface area contributed by atoms with Crippen LogP contribution in [0.2, 0.25) is 5.02 Å². The van der Waals surface area contributed by atoms with Crippen LogP contribution in [-0.2, 0) is 4.79 Å². The maximum atomic E-state index is 15.2. The molecule has 0 N–H and O–H groups in total. The molecule has 9 nitrogen and oxygen atoms in total. The molecular weight excluding hydrogens is 573 g/mol. The fourth-order valence-corrected chi connectivity index (χ4v) is 5.93. The number of benzene rings is 1. The molecule has 5 rings (SSSR count). The Morgan fingerprint density at radius 1 is 1.26 bits per heavy atom. The van der Waals surface area contributed by atoms with E-state index in [0.29, 0.717) is 54.9 Å². The summed E-state index contributed by atoms with van der Waals surface area (Å²) in [4.78, 5) is 56.1. The van der Waals surface area contributed by atoms with Crippen LogP contribution < -0.4 is 10.6 Å². The van der Waals surface area contributed by atoms with E-state index in [4.69, 9.17) is 16.6 Å². The Labute approximate surface area is 253 Å². The molecule has 0 radical (unpaired) electrons. The van der Waals surface area contributed by atoms with Crippen LogP contribution in [0.25, 0.3) is 28.0 Å². The number of amides is 1. The van der Waals surface area contributed by atoms with E-state index in [1.807, 2.05) is 32.6 Å². The molecule has 1 aliphatic heterocycles. The van der Waals surface area contributed by atoms with Gasteiger partial charge in [0.1, 0.15) is 11.6 Å². The number of anilines is 1. The van der Waals surface area contributed by atoms with Gasteiger partial charge in [-0.05, 0) is 49.1 Å². The normalized spacial score (nSPS) is 15.3. The average Bonchev–Trinajstić information content (AvgIpc) is 3.00. The van der Waals surface area contributed by atoms with E-state index in [-0.39, 0.29) is 45.4 Å². The molecule has 3 aromatic heterocycles. The first kappa shape index (κ1) is 30.0. The maximum absolute atomic E-state index is 15.2.